The van der Waals surface area contributed by atoms with Crippen LogP contribution in [0.25, 0.3) is 0 Å². The molecule has 3 N–H and O–H groups in total. The number of rotatable bonds is 9. The summed E-state index contributed by atoms with van der Waals surface area (Å²) in [5, 5.41) is 2.99. The van der Waals surface area contributed by atoms with Gasteiger partial charge in [-0.05, 0) is 26.6 Å². The van der Waals surface area contributed by atoms with Gasteiger partial charge in [0.25, 0.3) is 0 Å². The Balaban J connectivity index is 2.41. The number of carbonyl (C=O) groups excluding carboxylic acids is 1. The summed E-state index contributed by atoms with van der Waals surface area (Å²) < 4.78 is 5.76. The van der Waals surface area contributed by atoms with Gasteiger partial charge in [-0.15, -0.1) is 0 Å². The van der Waals surface area contributed by atoms with E-state index in [-0.39, 0.29) is 12.5 Å². The topological polar surface area (TPSA) is 67.6 Å². The van der Waals surface area contributed by atoms with E-state index in [9.17, 15) is 4.79 Å². The highest BCUT2D eigenvalue weighted by molar-refractivity contribution is 5.75. The lowest BCUT2D eigenvalue weighted by Crippen LogP contribution is -2.28. The van der Waals surface area contributed by atoms with Crippen LogP contribution in [0.4, 0.5) is 0 Å². The van der Waals surface area contributed by atoms with Crippen LogP contribution < -0.4 is 15.8 Å². The fourth-order valence-corrected chi connectivity index (χ4v) is 1.67. The molecule has 1 aromatic carbocycles. The molecular weight excluding hydrogens is 242 g/mol. The fourth-order valence-electron chi connectivity index (χ4n) is 1.67. The lowest BCUT2D eigenvalue weighted by atomic mass is 10.2. The van der Waals surface area contributed by atoms with Crippen LogP contribution in [0.2, 0.25) is 0 Å². The van der Waals surface area contributed by atoms with Crippen molar-refractivity contribution in [2.45, 2.75) is 13.0 Å². The molecule has 0 saturated heterocycles. The molecule has 0 fully saturated rings. The highest BCUT2D eigenvalue weighted by atomic mass is 16.5. The van der Waals surface area contributed by atoms with E-state index in [1.807, 2.05) is 38.4 Å². The summed E-state index contributed by atoms with van der Waals surface area (Å²) >= 11 is 0. The Morgan fingerprint density at radius 2 is 2.11 bits per heavy atom. The number of primary amides is 1. The van der Waals surface area contributed by atoms with E-state index in [0.717, 1.165) is 24.3 Å². The third kappa shape index (κ3) is 6.79. The van der Waals surface area contributed by atoms with E-state index in [0.29, 0.717) is 13.2 Å². The fraction of sp³-hybridized carbons (Fsp3) is 0.500. The maximum absolute atomic E-state index is 10.7. The monoisotopic (exact) mass is 265 g/mol. The standard InChI is InChI=1S/C14H23N3O2/c1-17(2)8-5-9-19-13-7-4-3-6-12(13)10-16-11-14(15)18/h3-4,6-7,16H,5,8-11H2,1-2H3,(H2,15,18). The maximum Gasteiger partial charge on any atom is 0.231 e. The highest BCUT2D eigenvalue weighted by Crippen LogP contribution is 2.17. The molecule has 0 heterocycles. The minimum absolute atomic E-state index is 0.176. The van der Waals surface area contributed by atoms with Gasteiger partial charge in [-0.25, -0.2) is 0 Å². The second-order valence-electron chi connectivity index (χ2n) is 4.68. The van der Waals surface area contributed by atoms with E-state index in [2.05, 4.69) is 10.2 Å². The van der Waals surface area contributed by atoms with Crippen LogP contribution >= 0.6 is 0 Å². The Bertz CT molecular complexity index is 394. The van der Waals surface area contributed by atoms with E-state index in [1.54, 1.807) is 0 Å². The van der Waals surface area contributed by atoms with Crippen molar-refractivity contribution in [2.24, 2.45) is 5.73 Å². The summed E-state index contributed by atoms with van der Waals surface area (Å²) in [7, 11) is 4.09. The van der Waals surface area contributed by atoms with Gasteiger partial charge in [0.1, 0.15) is 5.75 Å². The van der Waals surface area contributed by atoms with E-state index in [4.69, 9.17) is 10.5 Å². The van der Waals surface area contributed by atoms with Gasteiger partial charge in [-0.2, -0.15) is 0 Å². The largest absolute Gasteiger partial charge is 0.493 e. The van der Waals surface area contributed by atoms with Crippen molar-refractivity contribution in [1.29, 1.82) is 0 Å². The van der Waals surface area contributed by atoms with Crippen molar-refractivity contribution in [3.05, 3.63) is 29.8 Å². The molecule has 0 aliphatic carbocycles. The predicted molar refractivity (Wildman–Crippen MR) is 76.0 cm³/mol. The SMILES string of the molecule is CN(C)CCCOc1ccccc1CNCC(N)=O. The van der Waals surface area contributed by atoms with Crippen LogP contribution in [-0.4, -0.2) is 44.6 Å². The first kappa shape index (κ1) is 15.5. The average molecular weight is 265 g/mol. The van der Waals surface area contributed by atoms with Crippen LogP contribution in [0.5, 0.6) is 5.75 Å². The van der Waals surface area contributed by atoms with Gasteiger partial charge < -0.3 is 20.7 Å². The number of benzene rings is 1. The number of hydrogen-bond donors (Lipinski definition) is 2. The molecule has 5 nitrogen and oxygen atoms in total. The Kier molecular flexibility index (Phi) is 6.92. The van der Waals surface area contributed by atoms with Crippen LogP contribution in [-0.2, 0) is 11.3 Å². The van der Waals surface area contributed by atoms with Gasteiger partial charge in [-0.1, -0.05) is 18.2 Å². The number of carbonyl (C=O) groups is 1. The van der Waals surface area contributed by atoms with Crippen LogP contribution in [0.1, 0.15) is 12.0 Å². The number of amides is 1. The molecule has 0 aliphatic rings. The molecule has 1 aromatic rings. The zero-order valence-corrected chi connectivity index (χ0v) is 11.7. The van der Waals surface area contributed by atoms with Gasteiger partial charge in [0.2, 0.25) is 5.91 Å². The van der Waals surface area contributed by atoms with Gasteiger partial charge in [0, 0.05) is 18.7 Å². The molecule has 0 atom stereocenters. The Hall–Kier alpha value is -1.59. The predicted octanol–water partition coefficient (Wildman–Crippen LogP) is 0.592. The Morgan fingerprint density at radius 3 is 2.79 bits per heavy atom. The number of nitrogens with zero attached hydrogens (tertiary/aromatic N) is 1. The minimum Gasteiger partial charge on any atom is -0.493 e. The summed E-state index contributed by atoms with van der Waals surface area (Å²) in [6, 6.07) is 7.82. The van der Waals surface area contributed by atoms with E-state index < -0.39 is 0 Å². The van der Waals surface area contributed by atoms with Crippen molar-refractivity contribution in [2.75, 3.05) is 33.8 Å². The van der Waals surface area contributed by atoms with E-state index in [1.165, 1.54) is 0 Å². The first-order valence-corrected chi connectivity index (χ1v) is 6.44. The number of nitrogens with one attached hydrogen (secondary N) is 1. The first-order chi connectivity index (χ1) is 9.09. The van der Waals surface area contributed by atoms with Gasteiger partial charge >= 0.3 is 0 Å². The van der Waals surface area contributed by atoms with Crippen LogP contribution in [0.15, 0.2) is 24.3 Å². The Labute approximate surface area is 114 Å². The number of ether oxygens (including phenoxy) is 1. The number of nitrogens with two attached hydrogens (primary N) is 1. The highest BCUT2D eigenvalue weighted by Gasteiger charge is 2.03. The summed E-state index contributed by atoms with van der Waals surface area (Å²) in [6.45, 7) is 2.44. The van der Waals surface area contributed by atoms with Crippen molar-refractivity contribution in [3.63, 3.8) is 0 Å². The van der Waals surface area contributed by atoms with Gasteiger partial charge in [-0.3, -0.25) is 4.79 Å². The number of hydrogen-bond acceptors (Lipinski definition) is 4. The number of para-hydroxylation sites is 1. The van der Waals surface area contributed by atoms with Crippen molar-refractivity contribution < 1.29 is 9.53 Å². The molecule has 106 valence electrons. The molecule has 0 spiro atoms. The molecule has 0 saturated carbocycles. The summed E-state index contributed by atoms with van der Waals surface area (Å²) in [4.78, 5) is 12.8. The second kappa shape index (κ2) is 8.50. The normalized spacial score (nSPS) is 10.7. The lowest BCUT2D eigenvalue weighted by molar-refractivity contribution is -0.117. The minimum atomic E-state index is -0.357. The zero-order chi connectivity index (χ0) is 14.1. The molecule has 0 aromatic heterocycles. The van der Waals surface area contributed by atoms with Crippen molar-refractivity contribution in [1.82, 2.24) is 10.2 Å². The molecule has 0 unspecified atom stereocenters. The average Bonchev–Trinajstić information content (AvgIpc) is 2.35. The van der Waals surface area contributed by atoms with Crippen LogP contribution in [0, 0.1) is 0 Å². The second-order valence-corrected chi connectivity index (χ2v) is 4.68. The quantitative estimate of drug-likeness (QED) is 0.641. The van der Waals surface area contributed by atoms with Gasteiger partial charge in [0.05, 0.1) is 13.2 Å². The first-order valence-electron chi connectivity index (χ1n) is 6.44. The summed E-state index contributed by atoms with van der Waals surface area (Å²) in [5.74, 6) is 0.502. The van der Waals surface area contributed by atoms with Gasteiger partial charge in [0.15, 0.2) is 0 Å². The zero-order valence-electron chi connectivity index (χ0n) is 11.7. The molecule has 5 heteroatoms. The van der Waals surface area contributed by atoms with Crippen molar-refractivity contribution in [3.8, 4) is 5.75 Å². The third-order valence-corrected chi connectivity index (χ3v) is 2.59. The lowest BCUT2D eigenvalue weighted by Gasteiger charge is -2.13. The third-order valence-electron chi connectivity index (χ3n) is 2.59. The molecule has 0 bridgehead atoms. The molecular formula is C14H23N3O2. The van der Waals surface area contributed by atoms with Crippen molar-refractivity contribution >= 4 is 5.91 Å². The summed E-state index contributed by atoms with van der Waals surface area (Å²) in [6.07, 6.45) is 0.982. The maximum atomic E-state index is 10.7. The smallest absolute Gasteiger partial charge is 0.231 e. The van der Waals surface area contributed by atoms with E-state index >= 15 is 0 Å². The molecule has 1 rings (SSSR count). The molecule has 19 heavy (non-hydrogen) atoms. The molecule has 0 radical (unpaired) electrons. The van der Waals surface area contributed by atoms with Crippen LogP contribution in [0.3, 0.4) is 0 Å². The molecule has 1 amide bonds. The molecule has 0 aliphatic heterocycles. The summed E-state index contributed by atoms with van der Waals surface area (Å²) in [5.41, 5.74) is 6.12. The Morgan fingerprint density at radius 1 is 1.37 bits per heavy atom.